The average molecular weight is 368 g/mol. The zero-order valence-electron chi connectivity index (χ0n) is 12.8. The number of pyridine rings is 1. The van der Waals surface area contributed by atoms with Gasteiger partial charge >= 0.3 is 0 Å². The zero-order valence-corrected chi connectivity index (χ0v) is 14.3. The van der Waals surface area contributed by atoms with Gasteiger partial charge in [0.2, 0.25) is 0 Å². The second kappa shape index (κ2) is 8.63. The third-order valence-corrected chi connectivity index (χ3v) is 3.87. The summed E-state index contributed by atoms with van der Waals surface area (Å²) in [5.41, 5.74) is 0.880. The monoisotopic (exact) mass is 367 g/mol. The number of anilines is 1. The van der Waals surface area contributed by atoms with Crippen LogP contribution in [0.25, 0.3) is 0 Å². The Morgan fingerprint density at radius 3 is 2.58 bits per heavy atom. The van der Waals surface area contributed by atoms with Gasteiger partial charge in [-0.25, -0.2) is 0 Å². The van der Waals surface area contributed by atoms with Gasteiger partial charge in [0.15, 0.2) is 0 Å². The molecule has 0 fully saturated rings. The molecule has 126 valence electrons. The number of ether oxygens (including phenoxy) is 1. The van der Waals surface area contributed by atoms with E-state index in [1.165, 1.54) is 18.5 Å². The van der Waals surface area contributed by atoms with Gasteiger partial charge in [-0.05, 0) is 18.2 Å². The molecule has 8 heteroatoms. The number of amides is 2. The van der Waals surface area contributed by atoms with Crippen LogP contribution in [-0.2, 0) is 4.74 Å². The van der Waals surface area contributed by atoms with Crippen molar-refractivity contribution in [3.63, 3.8) is 0 Å². The van der Waals surface area contributed by atoms with Gasteiger partial charge in [0.25, 0.3) is 11.8 Å². The van der Waals surface area contributed by atoms with Gasteiger partial charge in [-0.2, -0.15) is 0 Å². The molecule has 0 aliphatic carbocycles. The van der Waals surface area contributed by atoms with Gasteiger partial charge in [0, 0.05) is 26.0 Å². The van der Waals surface area contributed by atoms with E-state index in [0.717, 1.165) is 0 Å². The summed E-state index contributed by atoms with van der Waals surface area (Å²) in [7, 11) is 1.54. The molecule has 6 nitrogen and oxygen atoms in total. The van der Waals surface area contributed by atoms with Crippen LogP contribution in [0.4, 0.5) is 5.69 Å². The van der Waals surface area contributed by atoms with E-state index in [1.807, 2.05) is 0 Å². The van der Waals surface area contributed by atoms with E-state index >= 15 is 0 Å². The fourth-order valence-electron chi connectivity index (χ4n) is 1.85. The molecule has 0 aliphatic rings. The van der Waals surface area contributed by atoms with E-state index < -0.39 is 5.91 Å². The van der Waals surface area contributed by atoms with Crippen molar-refractivity contribution in [3.8, 4) is 0 Å². The van der Waals surface area contributed by atoms with Crippen molar-refractivity contribution in [1.29, 1.82) is 0 Å². The van der Waals surface area contributed by atoms with Crippen LogP contribution in [0.5, 0.6) is 0 Å². The molecule has 2 aromatic rings. The van der Waals surface area contributed by atoms with Crippen LogP contribution < -0.4 is 10.6 Å². The van der Waals surface area contributed by atoms with E-state index in [1.54, 1.807) is 25.3 Å². The highest BCUT2D eigenvalue weighted by molar-refractivity contribution is 6.44. The molecule has 0 saturated carbocycles. The third-order valence-electron chi connectivity index (χ3n) is 3.05. The molecule has 1 heterocycles. The van der Waals surface area contributed by atoms with Crippen molar-refractivity contribution < 1.29 is 14.3 Å². The molecule has 0 unspecified atom stereocenters. The Kier molecular flexibility index (Phi) is 6.54. The minimum Gasteiger partial charge on any atom is -0.383 e. The number of carbonyl (C=O) groups excluding carboxylic acids is 2. The van der Waals surface area contributed by atoms with Crippen LogP contribution in [0, 0.1) is 0 Å². The molecule has 0 atom stereocenters. The maximum Gasteiger partial charge on any atom is 0.257 e. The second-order valence-corrected chi connectivity index (χ2v) is 5.55. The van der Waals surface area contributed by atoms with Gasteiger partial charge in [0.1, 0.15) is 0 Å². The van der Waals surface area contributed by atoms with Crippen LogP contribution in [0.15, 0.2) is 36.7 Å². The number of benzene rings is 1. The highest BCUT2D eigenvalue weighted by Gasteiger charge is 2.13. The Balaban J connectivity index is 2.11. The first-order valence-corrected chi connectivity index (χ1v) is 7.76. The molecule has 1 aromatic carbocycles. The molecule has 0 spiro atoms. The number of hydrogen-bond acceptors (Lipinski definition) is 4. The number of nitrogens with zero attached hydrogens (tertiary/aromatic N) is 1. The molecule has 2 amide bonds. The lowest BCUT2D eigenvalue weighted by Gasteiger charge is -2.09. The summed E-state index contributed by atoms with van der Waals surface area (Å²) in [6.07, 6.45) is 2.74. The molecule has 0 bridgehead atoms. The maximum atomic E-state index is 12.3. The Bertz CT molecular complexity index is 753. The molecule has 0 saturated heterocycles. The van der Waals surface area contributed by atoms with Crippen molar-refractivity contribution in [2.75, 3.05) is 25.6 Å². The summed E-state index contributed by atoms with van der Waals surface area (Å²) in [4.78, 5) is 28.2. The highest BCUT2D eigenvalue weighted by atomic mass is 35.5. The van der Waals surface area contributed by atoms with Gasteiger partial charge < -0.3 is 15.4 Å². The fraction of sp³-hybridized carbons (Fsp3) is 0.188. The Labute approximate surface area is 149 Å². The highest BCUT2D eigenvalue weighted by Crippen LogP contribution is 2.29. The summed E-state index contributed by atoms with van der Waals surface area (Å²) >= 11 is 12.0. The smallest absolute Gasteiger partial charge is 0.257 e. The van der Waals surface area contributed by atoms with Crippen molar-refractivity contribution in [2.24, 2.45) is 0 Å². The molecule has 0 aliphatic heterocycles. The molecular formula is C16H15Cl2N3O3. The number of nitrogens with one attached hydrogen (secondary N) is 2. The van der Waals surface area contributed by atoms with Gasteiger partial charge in [-0.3, -0.25) is 14.6 Å². The summed E-state index contributed by atoms with van der Waals surface area (Å²) in [5.74, 6) is -0.784. The Morgan fingerprint density at radius 1 is 1.17 bits per heavy atom. The van der Waals surface area contributed by atoms with Crippen molar-refractivity contribution in [2.45, 2.75) is 0 Å². The zero-order chi connectivity index (χ0) is 17.5. The number of methoxy groups -OCH3 is 1. The van der Waals surface area contributed by atoms with E-state index in [4.69, 9.17) is 27.9 Å². The molecule has 2 rings (SSSR count). The summed E-state index contributed by atoms with van der Waals surface area (Å²) in [6, 6.07) is 6.36. The van der Waals surface area contributed by atoms with Crippen molar-refractivity contribution in [1.82, 2.24) is 10.3 Å². The maximum absolute atomic E-state index is 12.3. The Hall–Kier alpha value is -2.15. The predicted molar refractivity (Wildman–Crippen MR) is 92.9 cm³/mol. The topological polar surface area (TPSA) is 80.3 Å². The molecule has 0 radical (unpaired) electrons. The van der Waals surface area contributed by atoms with Gasteiger partial charge in [-0.1, -0.05) is 29.3 Å². The summed E-state index contributed by atoms with van der Waals surface area (Å²) in [5, 5.41) is 5.87. The first kappa shape index (κ1) is 18.2. The van der Waals surface area contributed by atoms with Crippen molar-refractivity contribution in [3.05, 3.63) is 57.8 Å². The number of carbonyl (C=O) groups is 2. The lowest BCUT2D eigenvalue weighted by molar-refractivity contribution is 0.0936. The van der Waals surface area contributed by atoms with Gasteiger partial charge in [-0.15, -0.1) is 0 Å². The lowest BCUT2D eigenvalue weighted by Crippen LogP contribution is -2.27. The summed E-state index contributed by atoms with van der Waals surface area (Å²) < 4.78 is 4.86. The van der Waals surface area contributed by atoms with Crippen LogP contribution in [0.3, 0.4) is 0 Å². The molecule has 1 aromatic heterocycles. The number of aromatic nitrogens is 1. The van der Waals surface area contributed by atoms with E-state index in [9.17, 15) is 9.59 Å². The van der Waals surface area contributed by atoms with Gasteiger partial charge in [0.05, 0.1) is 33.5 Å². The molecule has 2 N–H and O–H groups in total. The lowest BCUT2D eigenvalue weighted by atomic mass is 10.2. The normalized spacial score (nSPS) is 10.3. The number of halogens is 2. The molecular weight excluding hydrogens is 353 g/mol. The minimum atomic E-state index is -0.446. The minimum absolute atomic E-state index is 0.227. The van der Waals surface area contributed by atoms with Crippen LogP contribution >= 0.6 is 23.2 Å². The van der Waals surface area contributed by atoms with E-state index in [2.05, 4.69) is 15.6 Å². The number of rotatable bonds is 6. The van der Waals surface area contributed by atoms with Crippen LogP contribution in [0.1, 0.15) is 20.7 Å². The first-order chi connectivity index (χ1) is 11.5. The van der Waals surface area contributed by atoms with Crippen LogP contribution in [0.2, 0.25) is 10.0 Å². The Morgan fingerprint density at radius 2 is 1.88 bits per heavy atom. The quantitative estimate of drug-likeness (QED) is 0.769. The summed E-state index contributed by atoms with van der Waals surface area (Å²) in [6.45, 7) is 0.760. The largest absolute Gasteiger partial charge is 0.383 e. The third kappa shape index (κ3) is 4.67. The average Bonchev–Trinajstić information content (AvgIpc) is 2.59. The first-order valence-electron chi connectivity index (χ1n) is 7.00. The predicted octanol–water partition coefficient (Wildman–Crippen LogP) is 3.02. The van der Waals surface area contributed by atoms with E-state index in [0.29, 0.717) is 23.9 Å². The SMILES string of the molecule is COCCNC(=O)c1cncc(C(=O)Nc2cccc(Cl)c2Cl)c1. The number of hydrogen-bond donors (Lipinski definition) is 2. The second-order valence-electron chi connectivity index (χ2n) is 4.77. The van der Waals surface area contributed by atoms with E-state index in [-0.39, 0.29) is 22.1 Å². The standard InChI is InChI=1S/C16H15Cl2N3O3/c1-24-6-5-20-15(22)10-7-11(9-19-8-10)16(23)21-13-4-2-3-12(17)14(13)18/h2-4,7-9H,5-6H2,1H3,(H,20,22)(H,21,23). The fourth-order valence-corrected chi connectivity index (χ4v) is 2.20. The van der Waals surface area contributed by atoms with Crippen LogP contribution in [-0.4, -0.2) is 37.1 Å². The van der Waals surface area contributed by atoms with Crippen molar-refractivity contribution >= 4 is 40.7 Å². The molecule has 24 heavy (non-hydrogen) atoms.